The molecule has 0 amide bonds. The Morgan fingerprint density at radius 3 is 2.56 bits per heavy atom. The second-order valence-electron chi connectivity index (χ2n) is 5.00. The van der Waals surface area contributed by atoms with Crippen molar-refractivity contribution in [2.24, 2.45) is 5.73 Å². The van der Waals surface area contributed by atoms with Crippen molar-refractivity contribution in [2.45, 2.75) is 39.3 Å². The zero-order chi connectivity index (χ0) is 13.0. The topological polar surface area (TPSA) is 30.9 Å². The SMILES string of the molecule is CCCC(N)c1ccn(Cc2ccc(C)cc2)c1. The summed E-state index contributed by atoms with van der Waals surface area (Å²) in [7, 11) is 0. The first kappa shape index (κ1) is 12.9. The molecular formula is C16H22N2. The molecule has 0 aliphatic rings. The van der Waals surface area contributed by atoms with Crippen molar-refractivity contribution in [3.63, 3.8) is 0 Å². The third-order valence-corrected chi connectivity index (χ3v) is 3.29. The molecule has 0 fully saturated rings. The summed E-state index contributed by atoms with van der Waals surface area (Å²) >= 11 is 0. The van der Waals surface area contributed by atoms with Gasteiger partial charge in [0.2, 0.25) is 0 Å². The van der Waals surface area contributed by atoms with E-state index in [1.165, 1.54) is 16.7 Å². The number of rotatable bonds is 5. The van der Waals surface area contributed by atoms with Crippen molar-refractivity contribution >= 4 is 0 Å². The molecule has 2 nitrogen and oxygen atoms in total. The lowest BCUT2D eigenvalue weighted by Crippen LogP contribution is -2.08. The first-order valence-electron chi connectivity index (χ1n) is 6.66. The third-order valence-electron chi connectivity index (χ3n) is 3.29. The summed E-state index contributed by atoms with van der Waals surface area (Å²) in [5.41, 5.74) is 9.99. The molecule has 2 heteroatoms. The highest BCUT2D eigenvalue weighted by Gasteiger charge is 2.06. The summed E-state index contributed by atoms with van der Waals surface area (Å²) < 4.78 is 2.20. The van der Waals surface area contributed by atoms with Crippen LogP contribution in [0.1, 0.15) is 42.5 Å². The Labute approximate surface area is 109 Å². The van der Waals surface area contributed by atoms with Gasteiger partial charge in [0.25, 0.3) is 0 Å². The van der Waals surface area contributed by atoms with Gasteiger partial charge in [0.15, 0.2) is 0 Å². The molecule has 2 N–H and O–H groups in total. The average molecular weight is 242 g/mol. The maximum atomic E-state index is 6.12. The highest BCUT2D eigenvalue weighted by Crippen LogP contribution is 2.16. The summed E-state index contributed by atoms with van der Waals surface area (Å²) in [5, 5.41) is 0. The zero-order valence-corrected chi connectivity index (χ0v) is 11.3. The fourth-order valence-corrected chi connectivity index (χ4v) is 2.16. The smallest absolute Gasteiger partial charge is 0.0470 e. The van der Waals surface area contributed by atoms with Crippen LogP contribution in [0.2, 0.25) is 0 Å². The summed E-state index contributed by atoms with van der Waals surface area (Å²) in [6.07, 6.45) is 6.46. The van der Waals surface area contributed by atoms with Crippen molar-refractivity contribution in [1.82, 2.24) is 4.57 Å². The second-order valence-corrected chi connectivity index (χ2v) is 5.00. The van der Waals surface area contributed by atoms with Crippen molar-refractivity contribution in [1.29, 1.82) is 0 Å². The number of nitrogens with two attached hydrogens (primary N) is 1. The van der Waals surface area contributed by atoms with E-state index >= 15 is 0 Å². The van der Waals surface area contributed by atoms with Crippen molar-refractivity contribution in [3.05, 3.63) is 59.4 Å². The minimum absolute atomic E-state index is 0.175. The van der Waals surface area contributed by atoms with Crippen LogP contribution in [0.3, 0.4) is 0 Å². The molecule has 0 radical (unpaired) electrons. The van der Waals surface area contributed by atoms with Gasteiger partial charge in [0.1, 0.15) is 0 Å². The lowest BCUT2D eigenvalue weighted by molar-refractivity contribution is 0.636. The van der Waals surface area contributed by atoms with Crippen molar-refractivity contribution in [2.75, 3.05) is 0 Å². The van der Waals surface area contributed by atoms with E-state index in [0.717, 1.165) is 19.4 Å². The van der Waals surface area contributed by atoms with Crippen LogP contribution in [-0.2, 0) is 6.54 Å². The fraction of sp³-hybridized carbons (Fsp3) is 0.375. The molecule has 96 valence electrons. The van der Waals surface area contributed by atoms with E-state index < -0.39 is 0 Å². The summed E-state index contributed by atoms with van der Waals surface area (Å²) in [6.45, 7) is 5.20. The normalized spacial score (nSPS) is 12.6. The van der Waals surface area contributed by atoms with Gasteiger partial charge in [-0.25, -0.2) is 0 Å². The Morgan fingerprint density at radius 1 is 1.17 bits per heavy atom. The van der Waals surface area contributed by atoms with E-state index in [4.69, 9.17) is 5.73 Å². The fourth-order valence-electron chi connectivity index (χ4n) is 2.16. The van der Waals surface area contributed by atoms with Crippen LogP contribution in [0.15, 0.2) is 42.7 Å². The molecule has 1 atom stereocenters. The van der Waals surface area contributed by atoms with Gasteiger partial charge < -0.3 is 10.3 Å². The lowest BCUT2D eigenvalue weighted by Gasteiger charge is -2.08. The Bertz CT molecular complexity index is 482. The summed E-state index contributed by atoms with van der Waals surface area (Å²) in [4.78, 5) is 0. The third kappa shape index (κ3) is 3.23. The van der Waals surface area contributed by atoms with Crippen molar-refractivity contribution < 1.29 is 0 Å². The molecule has 18 heavy (non-hydrogen) atoms. The molecule has 1 aromatic carbocycles. The van der Waals surface area contributed by atoms with Crippen LogP contribution in [0, 0.1) is 6.92 Å². The predicted molar refractivity (Wildman–Crippen MR) is 76.5 cm³/mol. The van der Waals surface area contributed by atoms with E-state index in [0.29, 0.717) is 0 Å². The van der Waals surface area contributed by atoms with Crippen molar-refractivity contribution in [3.8, 4) is 0 Å². The van der Waals surface area contributed by atoms with E-state index in [1.807, 2.05) is 0 Å². The summed E-state index contributed by atoms with van der Waals surface area (Å²) in [6, 6.07) is 11.0. The largest absolute Gasteiger partial charge is 0.350 e. The monoisotopic (exact) mass is 242 g/mol. The van der Waals surface area contributed by atoms with Crippen LogP contribution < -0.4 is 5.73 Å². The van der Waals surface area contributed by atoms with Gasteiger partial charge in [-0.05, 0) is 30.5 Å². The van der Waals surface area contributed by atoms with Gasteiger partial charge in [-0.15, -0.1) is 0 Å². The first-order valence-corrected chi connectivity index (χ1v) is 6.66. The molecule has 0 bridgehead atoms. The van der Waals surface area contributed by atoms with Crippen LogP contribution in [0.5, 0.6) is 0 Å². The quantitative estimate of drug-likeness (QED) is 0.852. The van der Waals surface area contributed by atoms with Crippen LogP contribution in [0.25, 0.3) is 0 Å². The molecule has 0 aliphatic carbocycles. The first-order chi connectivity index (χ1) is 8.69. The summed E-state index contributed by atoms with van der Waals surface area (Å²) in [5.74, 6) is 0. The van der Waals surface area contributed by atoms with Gasteiger partial charge >= 0.3 is 0 Å². The highest BCUT2D eigenvalue weighted by molar-refractivity contribution is 5.23. The molecule has 2 rings (SSSR count). The van der Waals surface area contributed by atoms with Gasteiger partial charge in [0, 0.05) is 25.0 Å². The standard InChI is InChI=1S/C16H22N2/c1-3-4-16(17)15-9-10-18(12-15)11-14-7-5-13(2)6-8-14/h5-10,12,16H,3-4,11,17H2,1-2H3. The number of hydrogen-bond acceptors (Lipinski definition) is 1. The molecule has 0 saturated carbocycles. The zero-order valence-electron chi connectivity index (χ0n) is 11.3. The minimum atomic E-state index is 0.175. The molecule has 0 aliphatic heterocycles. The predicted octanol–water partition coefficient (Wildman–Crippen LogP) is 3.64. The Balaban J connectivity index is 2.04. The number of aromatic nitrogens is 1. The van der Waals surface area contributed by atoms with Gasteiger partial charge in [-0.3, -0.25) is 0 Å². The molecule has 2 aromatic rings. The number of benzene rings is 1. The molecule has 1 unspecified atom stereocenters. The van der Waals surface area contributed by atoms with E-state index in [2.05, 4.69) is 61.1 Å². The van der Waals surface area contributed by atoms with E-state index in [9.17, 15) is 0 Å². The van der Waals surface area contributed by atoms with E-state index in [1.54, 1.807) is 0 Å². The maximum absolute atomic E-state index is 6.12. The van der Waals surface area contributed by atoms with Gasteiger partial charge in [0.05, 0.1) is 0 Å². The van der Waals surface area contributed by atoms with Crippen LogP contribution in [-0.4, -0.2) is 4.57 Å². The molecule has 0 spiro atoms. The number of aryl methyl sites for hydroxylation is 1. The van der Waals surface area contributed by atoms with Gasteiger partial charge in [-0.1, -0.05) is 43.2 Å². The number of nitrogens with zero attached hydrogens (tertiary/aromatic N) is 1. The van der Waals surface area contributed by atoms with Gasteiger partial charge in [-0.2, -0.15) is 0 Å². The Morgan fingerprint density at radius 2 is 1.89 bits per heavy atom. The Hall–Kier alpha value is -1.54. The average Bonchev–Trinajstić information content (AvgIpc) is 2.81. The molecule has 1 aromatic heterocycles. The Kier molecular flexibility index (Phi) is 4.21. The second kappa shape index (κ2) is 5.87. The lowest BCUT2D eigenvalue weighted by atomic mass is 10.1. The highest BCUT2D eigenvalue weighted by atomic mass is 14.9. The molecule has 0 saturated heterocycles. The van der Waals surface area contributed by atoms with Crippen LogP contribution in [0.4, 0.5) is 0 Å². The van der Waals surface area contributed by atoms with Crippen LogP contribution >= 0.6 is 0 Å². The minimum Gasteiger partial charge on any atom is -0.350 e. The molecule has 1 heterocycles. The molecular weight excluding hydrogens is 220 g/mol. The van der Waals surface area contributed by atoms with E-state index in [-0.39, 0.29) is 6.04 Å². The maximum Gasteiger partial charge on any atom is 0.0470 e. The number of hydrogen-bond donors (Lipinski definition) is 1.